The van der Waals surface area contributed by atoms with Gasteiger partial charge in [-0.1, -0.05) is 24.3 Å². The summed E-state index contributed by atoms with van der Waals surface area (Å²) in [5.74, 6) is 0.524. The molecule has 2 aromatic carbocycles. The van der Waals surface area contributed by atoms with Crippen LogP contribution in [0.15, 0.2) is 54.9 Å². The third-order valence-electron chi connectivity index (χ3n) is 3.24. The first-order chi connectivity index (χ1) is 9.74. The van der Waals surface area contributed by atoms with Crippen LogP contribution >= 0.6 is 0 Å². The first-order valence-electron chi connectivity index (χ1n) is 6.46. The number of fused-ring (bicyclic) bond motifs is 1. The van der Waals surface area contributed by atoms with E-state index in [1.165, 1.54) is 18.5 Å². The van der Waals surface area contributed by atoms with E-state index in [0.717, 1.165) is 22.3 Å². The van der Waals surface area contributed by atoms with Gasteiger partial charge >= 0.3 is 0 Å². The van der Waals surface area contributed by atoms with Crippen molar-refractivity contribution in [2.45, 2.75) is 13.0 Å². The minimum absolute atomic E-state index is 0.0380. The van der Waals surface area contributed by atoms with Crippen molar-refractivity contribution >= 4 is 16.7 Å². The lowest BCUT2D eigenvalue weighted by Crippen LogP contribution is -2.08. The fourth-order valence-electron chi connectivity index (χ4n) is 2.18. The molecule has 0 saturated heterocycles. The predicted molar refractivity (Wildman–Crippen MR) is 78.0 cm³/mol. The van der Waals surface area contributed by atoms with Gasteiger partial charge in [-0.3, -0.25) is 0 Å². The average molecular weight is 267 g/mol. The molecule has 3 rings (SSSR count). The first-order valence-corrected chi connectivity index (χ1v) is 6.46. The molecule has 100 valence electrons. The maximum absolute atomic E-state index is 13.3. The molecule has 0 bridgehead atoms. The van der Waals surface area contributed by atoms with Crippen molar-refractivity contribution in [3.05, 3.63) is 66.2 Å². The molecule has 1 atom stereocenters. The second kappa shape index (κ2) is 5.25. The van der Waals surface area contributed by atoms with Crippen molar-refractivity contribution in [1.82, 2.24) is 9.97 Å². The van der Waals surface area contributed by atoms with E-state index in [1.54, 1.807) is 6.07 Å². The Kier molecular flexibility index (Phi) is 3.29. The standard InChI is InChI=1S/C16H14FN3/c1-11(12-5-4-6-13(17)9-12)20-16-14-7-2-3-8-15(14)18-10-19-16/h2-11H,1H3,(H,18,19,20). The quantitative estimate of drug-likeness (QED) is 0.781. The van der Waals surface area contributed by atoms with E-state index in [1.807, 2.05) is 37.3 Å². The van der Waals surface area contributed by atoms with Crippen molar-refractivity contribution in [3.63, 3.8) is 0 Å². The largest absolute Gasteiger partial charge is 0.363 e. The summed E-state index contributed by atoms with van der Waals surface area (Å²) in [5, 5.41) is 4.27. The Morgan fingerprint density at radius 1 is 1.05 bits per heavy atom. The number of nitrogens with one attached hydrogen (secondary N) is 1. The van der Waals surface area contributed by atoms with E-state index >= 15 is 0 Å². The summed E-state index contributed by atoms with van der Waals surface area (Å²) in [5.41, 5.74) is 1.77. The minimum atomic E-state index is -0.233. The fraction of sp³-hybridized carbons (Fsp3) is 0.125. The summed E-state index contributed by atoms with van der Waals surface area (Å²) in [6, 6.07) is 14.3. The molecule has 20 heavy (non-hydrogen) atoms. The highest BCUT2D eigenvalue weighted by atomic mass is 19.1. The molecule has 0 aliphatic carbocycles. The third-order valence-corrected chi connectivity index (χ3v) is 3.24. The smallest absolute Gasteiger partial charge is 0.137 e. The zero-order valence-electron chi connectivity index (χ0n) is 11.0. The normalized spacial score (nSPS) is 12.3. The number of rotatable bonds is 3. The molecule has 0 amide bonds. The topological polar surface area (TPSA) is 37.8 Å². The lowest BCUT2D eigenvalue weighted by atomic mass is 10.1. The van der Waals surface area contributed by atoms with Crippen LogP contribution in [0.2, 0.25) is 0 Å². The Morgan fingerprint density at radius 2 is 1.90 bits per heavy atom. The highest BCUT2D eigenvalue weighted by Gasteiger charge is 2.09. The van der Waals surface area contributed by atoms with Crippen LogP contribution in [0, 0.1) is 5.82 Å². The molecule has 0 radical (unpaired) electrons. The molecule has 0 spiro atoms. The molecule has 1 heterocycles. The number of anilines is 1. The number of para-hydroxylation sites is 1. The number of hydrogen-bond donors (Lipinski definition) is 1. The third kappa shape index (κ3) is 2.45. The molecule has 0 fully saturated rings. The van der Waals surface area contributed by atoms with E-state index < -0.39 is 0 Å². The summed E-state index contributed by atoms with van der Waals surface area (Å²) in [6.07, 6.45) is 1.53. The van der Waals surface area contributed by atoms with Gasteiger partial charge < -0.3 is 5.32 Å². The van der Waals surface area contributed by atoms with Gasteiger partial charge in [-0.05, 0) is 36.8 Å². The van der Waals surface area contributed by atoms with E-state index in [4.69, 9.17) is 0 Å². The second-order valence-electron chi connectivity index (χ2n) is 4.66. The summed E-state index contributed by atoms with van der Waals surface area (Å²) in [7, 11) is 0. The Labute approximate surface area is 116 Å². The van der Waals surface area contributed by atoms with Crippen LogP contribution in [0.3, 0.4) is 0 Å². The number of nitrogens with zero attached hydrogens (tertiary/aromatic N) is 2. The zero-order valence-corrected chi connectivity index (χ0v) is 11.0. The molecule has 0 aliphatic rings. The van der Waals surface area contributed by atoms with Gasteiger partial charge in [-0.15, -0.1) is 0 Å². The van der Waals surface area contributed by atoms with Crippen molar-refractivity contribution in [2.24, 2.45) is 0 Å². The van der Waals surface area contributed by atoms with Crippen LogP contribution in [0.25, 0.3) is 10.9 Å². The Hall–Kier alpha value is -2.49. The minimum Gasteiger partial charge on any atom is -0.363 e. The van der Waals surface area contributed by atoms with Crippen molar-refractivity contribution in [1.29, 1.82) is 0 Å². The van der Waals surface area contributed by atoms with Crippen LogP contribution < -0.4 is 5.32 Å². The van der Waals surface area contributed by atoms with Gasteiger partial charge in [-0.2, -0.15) is 0 Å². The fourth-order valence-corrected chi connectivity index (χ4v) is 2.18. The van der Waals surface area contributed by atoms with Crippen LogP contribution in [0.4, 0.5) is 10.2 Å². The van der Waals surface area contributed by atoms with E-state index in [-0.39, 0.29) is 11.9 Å². The maximum atomic E-state index is 13.3. The Bertz CT molecular complexity index is 737. The molecule has 1 N–H and O–H groups in total. The lowest BCUT2D eigenvalue weighted by Gasteiger charge is -2.16. The number of halogens is 1. The van der Waals surface area contributed by atoms with E-state index in [0.29, 0.717) is 0 Å². The van der Waals surface area contributed by atoms with Gasteiger partial charge in [0.15, 0.2) is 0 Å². The zero-order chi connectivity index (χ0) is 13.9. The summed E-state index contributed by atoms with van der Waals surface area (Å²) >= 11 is 0. The van der Waals surface area contributed by atoms with Crippen LogP contribution in [0.1, 0.15) is 18.5 Å². The van der Waals surface area contributed by atoms with Crippen molar-refractivity contribution < 1.29 is 4.39 Å². The first kappa shape index (κ1) is 12.5. The lowest BCUT2D eigenvalue weighted by molar-refractivity contribution is 0.623. The second-order valence-corrected chi connectivity index (χ2v) is 4.66. The van der Waals surface area contributed by atoms with Gasteiger partial charge in [-0.25, -0.2) is 14.4 Å². The molecule has 0 aliphatic heterocycles. The van der Waals surface area contributed by atoms with Crippen molar-refractivity contribution in [2.75, 3.05) is 5.32 Å². The van der Waals surface area contributed by atoms with Crippen LogP contribution in [0.5, 0.6) is 0 Å². The van der Waals surface area contributed by atoms with Crippen molar-refractivity contribution in [3.8, 4) is 0 Å². The van der Waals surface area contributed by atoms with Gasteiger partial charge in [0.2, 0.25) is 0 Å². The van der Waals surface area contributed by atoms with E-state index in [9.17, 15) is 4.39 Å². The number of benzene rings is 2. The highest BCUT2D eigenvalue weighted by Crippen LogP contribution is 2.23. The molecule has 3 aromatic rings. The van der Waals surface area contributed by atoms with Gasteiger partial charge in [0, 0.05) is 5.39 Å². The number of hydrogen-bond acceptors (Lipinski definition) is 3. The molecule has 0 saturated carbocycles. The van der Waals surface area contributed by atoms with E-state index in [2.05, 4.69) is 15.3 Å². The Balaban J connectivity index is 1.93. The maximum Gasteiger partial charge on any atom is 0.137 e. The molecule has 4 heteroatoms. The van der Waals surface area contributed by atoms with Gasteiger partial charge in [0.25, 0.3) is 0 Å². The SMILES string of the molecule is CC(Nc1ncnc2ccccc12)c1cccc(F)c1. The van der Waals surface area contributed by atoms with Crippen LogP contribution in [-0.4, -0.2) is 9.97 Å². The summed E-state index contributed by atoms with van der Waals surface area (Å²) < 4.78 is 13.3. The molecule has 1 aromatic heterocycles. The monoisotopic (exact) mass is 267 g/mol. The average Bonchev–Trinajstić information content (AvgIpc) is 2.47. The highest BCUT2D eigenvalue weighted by molar-refractivity contribution is 5.88. The molecular weight excluding hydrogens is 253 g/mol. The Morgan fingerprint density at radius 3 is 2.75 bits per heavy atom. The summed E-state index contributed by atoms with van der Waals surface area (Å²) in [6.45, 7) is 1.98. The van der Waals surface area contributed by atoms with Gasteiger partial charge in [0.1, 0.15) is 18.0 Å². The van der Waals surface area contributed by atoms with Gasteiger partial charge in [0.05, 0.1) is 11.6 Å². The molecular formula is C16H14FN3. The summed E-state index contributed by atoms with van der Waals surface area (Å²) in [4.78, 5) is 8.50. The van der Waals surface area contributed by atoms with Crippen LogP contribution in [-0.2, 0) is 0 Å². The predicted octanol–water partition coefficient (Wildman–Crippen LogP) is 3.94. The molecule has 3 nitrogen and oxygen atoms in total. The molecule has 1 unspecified atom stereocenters. The number of aromatic nitrogens is 2.